The third-order valence-corrected chi connectivity index (χ3v) is 5.37. The van der Waals surface area contributed by atoms with Gasteiger partial charge < -0.3 is 14.8 Å². The molecule has 1 heterocycles. The summed E-state index contributed by atoms with van der Waals surface area (Å²) in [5.41, 5.74) is 1.95. The molecule has 28 heavy (non-hydrogen) atoms. The van der Waals surface area contributed by atoms with Crippen molar-refractivity contribution in [1.82, 2.24) is 4.98 Å². The van der Waals surface area contributed by atoms with Crippen LogP contribution in [-0.4, -0.2) is 27.6 Å². The molecule has 0 spiro atoms. The summed E-state index contributed by atoms with van der Waals surface area (Å²) >= 11 is 0. The van der Waals surface area contributed by atoms with Crippen LogP contribution in [0, 0.1) is 6.92 Å². The topological polar surface area (TPSA) is 89.6 Å². The maximum Gasteiger partial charge on any atom is 0.261 e. The van der Waals surface area contributed by atoms with E-state index in [1.54, 1.807) is 56.7 Å². The van der Waals surface area contributed by atoms with Gasteiger partial charge >= 0.3 is 0 Å². The predicted molar refractivity (Wildman–Crippen MR) is 109 cm³/mol. The molecule has 0 radical (unpaired) electrons. The Bertz CT molecular complexity index is 1070. The molecule has 0 saturated carbocycles. The monoisotopic (exact) mass is 399 g/mol. The molecule has 0 fully saturated rings. The number of nitrogens with zero attached hydrogens (tertiary/aromatic N) is 1. The number of methoxy groups -OCH3 is 2. The largest absolute Gasteiger partial charge is 0.497 e. The molecule has 0 aliphatic rings. The normalized spacial score (nSPS) is 11.0. The molecule has 7 nitrogen and oxygen atoms in total. The van der Waals surface area contributed by atoms with Gasteiger partial charge in [0.25, 0.3) is 10.0 Å². The van der Waals surface area contributed by atoms with Gasteiger partial charge in [0.15, 0.2) is 0 Å². The quantitative estimate of drug-likeness (QED) is 0.625. The third kappa shape index (κ3) is 4.52. The lowest BCUT2D eigenvalue weighted by molar-refractivity contribution is 0.395. The summed E-state index contributed by atoms with van der Waals surface area (Å²) in [6.07, 6.45) is 1.45. The van der Waals surface area contributed by atoms with E-state index < -0.39 is 10.0 Å². The van der Waals surface area contributed by atoms with Gasteiger partial charge in [-0.05, 0) is 48.9 Å². The van der Waals surface area contributed by atoms with Crippen molar-refractivity contribution in [2.24, 2.45) is 0 Å². The molecule has 146 valence electrons. The van der Waals surface area contributed by atoms with Crippen molar-refractivity contribution in [2.45, 2.75) is 11.8 Å². The Morgan fingerprint density at radius 2 is 1.79 bits per heavy atom. The molecular formula is C20H21N3O4S. The second-order valence-corrected chi connectivity index (χ2v) is 7.73. The van der Waals surface area contributed by atoms with Crippen LogP contribution in [0.15, 0.2) is 65.7 Å². The van der Waals surface area contributed by atoms with E-state index in [-0.39, 0.29) is 4.90 Å². The van der Waals surface area contributed by atoms with Gasteiger partial charge in [0.05, 0.1) is 36.7 Å². The van der Waals surface area contributed by atoms with Gasteiger partial charge in [0.1, 0.15) is 17.3 Å². The Kier molecular flexibility index (Phi) is 5.70. The minimum absolute atomic E-state index is 0.206. The van der Waals surface area contributed by atoms with Crippen LogP contribution in [0.3, 0.4) is 0 Å². The van der Waals surface area contributed by atoms with Crippen LogP contribution in [0.1, 0.15) is 5.56 Å². The molecule has 0 unspecified atom stereocenters. The first-order valence-corrected chi connectivity index (χ1v) is 9.94. The highest BCUT2D eigenvalue weighted by atomic mass is 32.2. The fraction of sp³-hybridized carbons (Fsp3) is 0.150. The minimum atomic E-state index is -3.67. The van der Waals surface area contributed by atoms with E-state index in [1.165, 1.54) is 6.20 Å². The van der Waals surface area contributed by atoms with Crippen LogP contribution in [0.2, 0.25) is 0 Å². The van der Waals surface area contributed by atoms with Crippen LogP contribution >= 0.6 is 0 Å². The highest BCUT2D eigenvalue weighted by Crippen LogP contribution is 2.31. The van der Waals surface area contributed by atoms with E-state index in [0.29, 0.717) is 28.7 Å². The Morgan fingerprint density at radius 3 is 2.43 bits per heavy atom. The first-order chi connectivity index (χ1) is 13.4. The molecule has 0 amide bonds. The zero-order valence-electron chi connectivity index (χ0n) is 15.8. The van der Waals surface area contributed by atoms with Crippen LogP contribution in [0.4, 0.5) is 17.2 Å². The van der Waals surface area contributed by atoms with E-state index >= 15 is 0 Å². The van der Waals surface area contributed by atoms with Gasteiger partial charge in [-0.1, -0.05) is 12.1 Å². The number of aromatic nitrogens is 1. The van der Waals surface area contributed by atoms with E-state index in [1.807, 2.05) is 19.1 Å². The van der Waals surface area contributed by atoms with Gasteiger partial charge in [-0.25, -0.2) is 13.4 Å². The van der Waals surface area contributed by atoms with Crippen molar-refractivity contribution in [3.8, 4) is 11.5 Å². The molecule has 0 aliphatic heterocycles. The number of hydrogen-bond acceptors (Lipinski definition) is 6. The number of anilines is 3. The number of benzene rings is 2. The molecule has 0 aliphatic carbocycles. The van der Waals surface area contributed by atoms with E-state index in [2.05, 4.69) is 15.0 Å². The Labute approximate surface area is 164 Å². The predicted octanol–water partition coefficient (Wildman–Crippen LogP) is 3.95. The first-order valence-electron chi connectivity index (χ1n) is 8.46. The SMILES string of the molecule is COc1ccc(Nc2ccc(NS(=O)(=O)c3cccc(C)c3)cn2)c(OC)c1. The average molecular weight is 399 g/mol. The summed E-state index contributed by atoms with van der Waals surface area (Å²) in [5, 5.41) is 3.14. The van der Waals surface area contributed by atoms with Crippen LogP contribution in [0.25, 0.3) is 0 Å². The highest BCUT2D eigenvalue weighted by molar-refractivity contribution is 7.92. The van der Waals surface area contributed by atoms with Gasteiger partial charge in [0, 0.05) is 6.07 Å². The maximum absolute atomic E-state index is 12.5. The molecule has 0 bridgehead atoms. The van der Waals surface area contributed by atoms with E-state index in [9.17, 15) is 8.42 Å². The molecule has 3 rings (SSSR count). The summed E-state index contributed by atoms with van der Waals surface area (Å²) in [7, 11) is -0.521. The third-order valence-electron chi connectivity index (χ3n) is 3.99. The number of ether oxygens (including phenoxy) is 2. The zero-order valence-corrected chi connectivity index (χ0v) is 16.6. The summed E-state index contributed by atoms with van der Waals surface area (Å²) in [6, 6.07) is 15.4. The lowest BCUT2D eigenvalue weighted by Gasteiger charge is -2.13. The molecule has 8 heteroatoms. The van der Waals surface area contributed by atoms with Crippen molar-refractivity contribution < 1.29 is 17.9 Å². The molecule has 3 aromatic rings. The van der Waals surface area contributed by atoms with E-state index in [0.717, 1.165) is 5.56 Å². The lowest BCUT2D eigenvalue weighted by atomic mass is 10.2. The van der Waals surface area contributed by atoms with Crippen LogP contribution in [0.5, 0.6) is 11.5 Å². The number of hydrogen-bond donors (Lipinski definition) is 2. The molecule has 1 aromatic heterocycles. The van der Waals surface area contributed by atoms with E-state index in [4.69, 9.17) is 9.47 Å². The van der Waals surface area contributed by atoms with Crippen molar-refractivity contribution in [2.75, 3.05) is 24.3 Å². The number of pyridine rings is 1. The van der Waals surface area contributed by atoms with Crippen molar-refractivity contribution >= 4 is 27.2 Å². The average Bonchev–Trinajstić information content (AvgIpc) is 2.69. The molecule has 0 atom stereocenters. The van der Waals surface area contributed by atoms with Crippen molar-refractivity contribution in [3.05, 3.63) is 66.4 Å². The van der Waals surface area contributed by atoms with Crippen molar-refractivity contribution in [3.63, 3.8) is 0 Å². The standard InChI is InChI=1S/C20H21N3O4S/c1-14-5-4-6-17(11-14)28(24,25)23-15-7-10-20(21-13-15)22-18-9-8-16(26-2)12-19(18)27-3/h4-13,23H,1-3H3,(H,21,22). The molecule has 2 aromatic carbocycles. The van der Waals surface area contributed by atoms with Gasteiger partial charge in [-0.3, -0.25) is 4.72 Å². The zero-order chi connectivity index (χ0) is 20.1. The fourth-order valence-electron chi connectivity index (χ4n) is 2.56. The number of sulfonamides is 1. The van der Waals surface area contributed by atoms with Crippen molar-refractivity contribution in [1.29, 1.82) is 0 Å². The molecule has 2 N–H and O–H groups in total. The second-order valence-electron chi connectivity index (χ2n) is 6.05. The van der Waals surface area contributed by atoms with Crippen LogP contribution in [-0.2, 0) is 10.0 Å². The summed E-state index contributed by atoms with van der Waals surface area (Å²) in [4.78, 5) is 4.47. The Hall–Kier alpha value is -3.26. The summed E-state index contributed by atoms with van der Waals surface area (Å²) < 4.78 is 38.0. The minimum Gasteiger partial charge on any atom is -0.497 e. The maximum atomic E-state index is 12.5. The second kappa shape index (κ2) is 8.18. The first kappa shape index (κ1) is 19.5. The highest BCUT2D eigenvalue weighted by Gasteiger charge is 2.14. The summed E-state index contributed by atoms with van der Waals surface area (Å²) in [5.74, 6) is 1.82. The number of nitrogens with one attached hydrogen (secondary N) is 2. The number of aryl methyl sites for hydroxylation is 1. The summed E-state index contributed by atoms with van der Waals surface area (Å²) in [6.45, 7) is 1.84. The smallest absolute Gasteiger partial charge is 0.261 e. The van der Waals surface area contributed by atoms with Gasteiger partial charge in [0.2, 0.25) is 0 Å². The molecular weight excluding hydrogens is 378 g/mol. The Morgan fingerprint density at radius 1 is 0.964 bits per heavy atom. The lowest BCUT2D eigenvalue weighted by Crippen LogP contribution is -2.13. The van der Waals surface area contributed by atoms with Gasteiger partial charge in [-0.15, -0.1) is 0 Å². The number of rotatable bonds is 7. The van der Waals surface area contributed by atoms with Crippen LogP contribution < -0.4 is 19.5 Å². The molecule has 0 saturated heterocycles. The van der Waals surface area contributed by atoms with Gasteiger partial charge in [-0.2, -0.15) is 0 Å². The Balaban J connectivity index is 1.75. The fourth-order valence-corrected chi connectivity index (χ4v) is 3.71.